The zero-order valence-electron chi connectivity index (χ0n) is 21.0. The standard InChI is InChI=1S/C27H31F3N6O/c1-17-20(5-6-24-23(17)12-22(14-31)35-24)16-36-10-7-21(8-11-36)34-25-13-26(33-18(2)37)32-15-19(25)4-3-9-27(28,29)30/h5-6,12-13,15,21,35H,3-4,7-11,16H2,1-2H3,(H2,32,33,34,37). The summed E-state index contributed by atoms with van der Waals surface area (Å²) in [6, 6.07) is 10.0. The van der Waals surface area contributed by atoms with Crippen LogP contribution in [-0.2, 0) is 17.8 Å². The molecule has 0 saturated carbocycles. The van der Waals surface area contributed by atoms with Gasteiger partial charge in [0.05, 0.1) is 0 Å². The number of H-pyrrole nitrogens is 1. The second-order valence-corrected chi connectivity index (χ2v) is 9.68. The van der Waals surface area contributed by atoms with Crippen molar-refractivity contribution in [3.63, 3.8) is 0 Å². The Morgan fingerprint density at radius 1 is 1.24 bits per heavy atom. The fourth-order valence-corrected chi connectivity index (χ4v) is 4.87. The van der Waals surface area contributed by atoms with E-state index in [-0.39, 0.29) is 24.8 Å². The van der Waals surface area contributed by atoms with Gasteiger partial charge in [-0.2, -0.15) is 18.4 Å². The quantitative estimate of drug-likeness (QED) is 0.362. The number of carbonyl (C=O) groups is 1. The van der Waals surface area contributed by atoms with Gasteiger partial charge in [-0.1, -0.05) is 6.07 Å². The number of nitriles is 1. The van der Waals surface area contributed by atoms with E-state index in [1.165, 1.54) is 18.1 Å². The molecule has 3 heterocycles. The summed E-state index contributed by atoms with van der Waals surface area (Å²) in [7, 11) is 0. The van der Waals surface area contributed by atoms with Crippen molar-refractivity contribution < 1.29 is 18.0 Å². The molecule has 196 valence electrons. The number of aromatic amines is 1. The molecule has 0 radical (unpaired) electrons. The zero-order valence-corrected chi connectivity index (χ0v) is 21.0. The van der Waals surface area contributed by atoms with E-state index in [0.29, 0.717) is 17.1 Å². The molecule has 0 spiro atoms. The normalized spacial score (nSPS) is 15.0. The van der Waals surface area contributed by atoms with Crippen LogP contribution in [0, 0.1) is 18.3 Å². The highest BCUT2D eigenvalue weighted by atomic mass is 19.4. The van der Waals surface area contributed by atoms with Crippen molar-refractivity contribution >= 4 is 28.3 Å². The first kappa shape index (κ1) is 26.5. The second kappa shape index (κ2) is 11.2. The number of nitrogens with zero attached hydrogens (tertiary/aromatic N) is 3. The smallest absolute Gasteiger partial charge is 0.382 e. The van der Waals surface area contributed by atoms with Crippen LogP contribution in [0.5, 0.6) is 0 Å². The Bertz CT molecular complexity index is 1300. The molecule has 37 heavy (non-hydrogen) atoms. The number of hydrogen-bond acceptors (Lipinski definition) is 5. The minimum absolute atomic E-state index is 0.0154. The predicted molar refractivity (Wildman–Crippen MR) is 137 cm³/mol. The summed E-state index contributed by atoms with van der Waals surface area (Å²) in [5.74, 6) is 0.121. The van der Waals surface area contributed by atoms with E-state index in [0.717, 1.165) is 49.1 Å². The SMILES string of the molecule is CC(=O)Nc1cc(NC2CCN(Cc3ccc4[nH]c(C#N)cc4c3C)CC2)c(CCCC(F)(F)F)cn1. The van der Waals surface area contributed by atoms with Crippen LogP contribution >= 0.6 is 0 Å². The van der Waals surface area contributed by atoms with Crippen molar-refractivity contribution in [1.29, 1.82) is 5.26 Å². The predicted octanol–water partition coefficient (Wildman–Crippen LogP) is 5.66. The first-order chi connectivity index (χ1) is 17.6. The molecule has 1 aliphatic heterocycles. The third kappa shape index (κ3) is 7.01. The number of pyridine rings is 1. The number of halogens is 3. The molecule has 0 aliphatic carbocycles. The molecule has 1 amide bonds. The highest BCUT2D eigenvalue weighted by Gasteiger charge is 2.26. The molecule has 2 aromatic heterocycles. The Morgan fingerprint density at radius 2 is 2.00 bits per heavy atom. The fraction of sp³-hybridized carbons (Fsp3) is 0.444. The van der Waals surface area contributed by atoms with E-state index >= 15 is 0 Å². The number of piperidine rings is 1. The summed E-state index contributed by atoms with van der Waals surface area (Å²) >= 11 is 0. The van der Waals surface area contributed by atoms with Gasteiger partial charge in [0.15, 0.2) is 0 Å². The summed E-state index contributed by atoms with van der Waals surface area (Å²) in [5, 5.41) is 16.4. The largest absolute Gasteiger partial charge is 0.389 e. The van der Waals surface area contributed by atoms with Crippen molar-refractivity contribution in [2.45, 2.75) is 64.7 Å². The van der Waals surface area contributed by atoms with E-state index in [9.17, 15) is 23.2 Å². The number of aryl methyl sites for hydroxylation is 2. The number of amides is 1. The van der Waals surface area contributed by atoms with Gasteiger partial charge in [0, 0.05) is 67.9 Å². The molecular formula is C27H31F3N6O. The maximum Gasteiger partial charge on any atom is 0.389 e. The van der Waals surface area contributed by atoms with Crippen LogP contribution in [0.2, 0.25) is 0 Å². The minimum atomic E-state index is -4.19. The molecule has 1 aromatic carbocycles. The van der Waals surface area contributed by atoms with Crippen molar-refractivity contribution in [1.82, 2.24) is 14.9 Å². The van der Waals surface area contributed by atoms with Gasteiger partial charge in [-0.05, 0) is 61.4 Å². The van der Waals surface area contributed by atoms with E-state index in [1.54, 1.807) is 12.3 Å². The van der Waals surface area contributed by atoms with Gasteiger partial charge in [0.1, 0.15) is 17.6 Å². The molecule has 10 heteroatoms. The molecule has 0 atom stereocenters. The summed E-state index contributed by atoms with van der Waals surface area (Å²) in [6.45, 7) is 6.03. The number of fused-ring (bicyclic) bond motifs is 1. The summed E-state index contributed by atoms with van der Waals surface area (Å²) in [5.41, 5.74) is 5.35. The van der Waals surface area contributed by atoms with Gasteiger partial charge < -0.3 is 15.6 Å². The molecule has 4 rings (SSSR count). The van der Waals surface area contributed by atoms with E-state index < -0.39 is 12.6 Å². The lowest BCUT2D eigenvalue weighted by atomic mass is 10.00. The Labute approximate surface area is 214 Å². The third-order valence-electron chi connectivity index (χ3n) is 6.84. The first-order valence-corrected chi connectivity index (χ1v) is 12.4. The minimum Gasteiger partial charge on any atom is -0.382 e. The summed E-state index contributed by atoms with van der Waals surface area (Å²) < 4.78 is 38.0. The fourth-order valence-electron chi connectivity index (χ4n) is 4.87. The van der Waals surface area contributed by atoms with Gasteiger partial charge in [0.2, 0.25) is 5.91 Å². The maximum absolute atomic E-state index is 12.7. The van der Waals surface area contributed by atoms with Crippen molar-refractivity contribution in [2.24, 2.45) is 0 Å². The molecule has 1 fully saturated rings. The monoisotopic (exact) mass is 512 g/mol. The van der Waals surface area contributed by atoms with Crippen LogP contribution < -0.4 is 10.6 Å². The van der Waals surface area contributed by atoms with Gasteiger partial charge in [-0.3, -0.25) is 9.69 Å². The summed E-state index contributed by atoms with van der Waals surface area (Å²) in [4.78, 5) is 21.2. The van der Waals surface area contributed by atoms with Crippen LogP contribution in [0.3, 0.4) is 0 Å². The second-order valence-electron chi connectivity index (χ2n) is 9.68. The molecule has 0 bridgehead atoms. The Morgan fingerprint density at radius 3 is 2.68 bits per heavy atom. The van der Waals surface area contributed by atoms with E-state index in [2.05, 4.69) is 44.6 Å². The topological polar surface area (TPSA) is 96.8 Å². The highest BCUT2D eigenvalue weighted by molar-refractivity contribution is 5.88. The lowest BCUT2D eigenvalue weighted by Gasteiger charge is -2.33. The number of nitrogens with one attached hydrogen (secondary N) is 3. The highest BCUT2D eigenvalue weighted by Crippen LogP contribution is 2.28. The molecular weight excluding hydrogens is 481 g/mol. The molecule has 0 unspecified atom stereocenters. The summed E-state index contributed by atoms with van der Waals surface area (Å²) in [6.07, 6.45) is -1.48. The number of alkyl halides is 3. The van der Waals surface area contributed by atoms with Crippen LogP contribution in [-0.4, -0.2) is 46.1 Å². The van der Waals surface area contributed by atoms with E-state index in [4.69, 9.17) is 0 Å². The lowest BCUT2D eigenvalue weighted by Crippen LogP contribution is -2.39. The molecule has 1 saturated heterocycles. The van der Waals surface area contributed by atoms with Gasteiger partial charge in [-0.15, -0.1) is 0 Å². The van der Waals surface area contributed by atoms with Gasteiger partial charge in [0.25, 0.3) is 0 Å². The number of carbonyl (C=O) groups excluding carboxylic acids is 1. The third-order valence-corrected chi connectivity index (χ3v) is 6.84. The number of aromatic nitrogens is 2. The van der Waals surface area contributed by atoms with Gasteiger partial charge in [-0.25, -0.2) is 4.98 Å². The molecule has 7 nitrogen and oxygen atoms in total. The number of likely N-dealkylation sites (tertiary alicyclic amines) is 1. The average Bonchev–Trinajstić information content (AvgIpc) is 3.27. The van der Waals surface area contributed by atoms with Crippen LogP contribution in [0.1, 0.15) is 55.0 Å². The Hall–Kier alpha value is -3.58. The van der Waals surface area contributed by atoms with Crippen molar-refractivity contribution in [2.75, 3.05) is 23.7 Å². The number of benzene rings is 1. The van der Waals surface area contributed by atoms with Gasteiger partial charge >= 0.3 is 6.18 Å². The van der Waals surface area contributed by atoms with Crippen molar-refractivity contribution in [3.05, 3.63) is 52.8 Å². The van der Waals surface area contributed by atoms with Crippen LogP contribution in [0.4, 0.5) is 24.7 Å². The van der Waals surface area contributed by atoms with E-state index in [1.807, 2.05) is 12.1 Å². The lowest BCUT2D eigenvalue weighted by molar-refractivity contribution is -0.135. The zero-order chi connectivity index (χ0) is 26.6. The van der Waals surface area contributed by atoms with Crippen LogP contribution in [0.25, 0.3) is 10.9 Å². The molecule has 1 aliphatic rings. The van der Waals surface area contributed by atoms with Crippen molar-refractivity contribution in [3.8, 4) is 6.07 Å². The van der Waals surface area contributed by atoms with Crippen LogP contribution in [0.15, 0.2) is 30.5 Å². The number of anilines is 2. The number of rotatable bonds is 8. The molecule has 3 aromatic rings. The Kier molecular flexibility index (Phi) is 8.03. The Balaban J connectivity index is 1.39. The molecule has 3 N–H and O–H groups in total. The average molecular weight is 513 g/mol. The first-order valence-electron chi connectivity index (χ1n) is 12.4. The number of hydrogen-bond donors (Lipinski definition) is 3. The maximum atomic E-state index is 12.7.